The first kappa shape index (κ1) is 27.1. The third kappa shape index (κ3) is 5.36. The Morgan fingerprint density at radius 1 is 1.32 bits per heavy atom. The van der Waals surface area contributed by atoms with Gasteiger partial charge in [-0.15, -0.1) is 11.8 Å². The third-order valence-corrected chi connectivity index (χ3v) is 8.12. The van der Waals surface area contributed by atoms with Gasteiger partial charge in [0.05, 0.1) is 36.4 Å². The number of aromatic hydroxyl groups is 1. The molecule has 0 saturated heterocycles. The van der Waals surface area contributed by atoms with Gasteiger partial charge < -0.3 is 9.84 Å². The predicted molar refractivity (Wildman–Crippen MR) is 151 cm³/mol. The number of hydrogen-bond acceptors (Lipinski definition) is 9. The lowest BCUT2D eigenvalue weighted by molar-refractivity contribution is -0.386. The lowest BCUT2D eigenvalue weighted by Crippen LogP contribution is -2.40. The molecule has 0 aliphatic carbocycles. The summed E-state index contributed by atoms with van der Waals surface area (Å²) in [5.41, 5.74) is 0.995. The van der Waals surface area contributed by atoms with Crippen molar-refractivity contribution < 1.29 is 19.6 Å². The van der Waals surface area contributed by atoms with Crippen LogP contribution in [0.2, 0.25) is 0 Å². The highest BCUT2D eigenvalue weighted by molar-refractivity contribution is 14.1. The molecule has 0 amide bonds. The molecule has 0 radical (unpaired) electrons. The highest BCUT2D eigenvalue weighted by atomic mass is 127. The number of nitrogens with zero attached hydrogens (tertiary/aromatic N) is 3. The van der Waals surface area contributed by atoms with Crippen molar-refractivity contribution in [1.29, 1.82) is 0 Å². The summed E-state index contributed by atoms with van der Waals surface area (Å²) in [5, 5.41) is 21.4. The van der Waals surface area contributed by atoms with E-state index in [-0.39, 0.29) is 19.8 Å². The number of phenolic OH excluding ortho intramolecular Hbond substituents is 1. The molecule has 0 fully saturated rings. The van der Waals surface area contributed by atoms with Crippen LogP contribution in [0.3, 0.4) is 0 Å². The summed E-state index contributed by atoms with van der Waals surface area (Å²) in [4.78, 5) is 43.5. The molecule has 3 aromatic rings. The minimum Gasteiger partial charge on any atom is -0.501 e. The second kappa shape index (κ2) is 10.8. The number of nitro benzene ring substituents is 1. The molecule has 2 aromatic carbocycles. The molecule has 1 aliphatic heterocycles. The molecule has 0 spiro atoms. The van der Waals surface area contributed by atoms with Crippen molar-refractivity contribution in [2.45, 2.75) is 37.8 Å². The molecule has 0 saturated carbocycles. The highest BCUT2D eigenvalue weighted by Gasteiger charge is 2.33. The summed E-state index contributed by atoms with van der Waals surface area (Å²) in [6.45, 7) is 5.22. The van der Waals surface area contributed by atoms with E-state index < -0.39 is 33.9 Å². The zero-order valence-electron chi connectivity index (χ0n) is 20.2. The maximum Gasteiger partial charge on any atom is 0.338 e. The van der Waals surface area contributed by atoms with Crippen LogP contribution in [0, 0.1) is 13.7 Å². The van der Waals surface area contributed by atoms with E-state index in [1.807, 2.05) is 30.5 Å². The quantitative estimate of drug-likeness (QED) is 0.140. The van der Waals surface area contributed by atoms with Gasteiger partial charge in [0.25, 0.3) is 5.56 Å². The number of halogens is 1. The molecule has 0 unspecified atom stereocenters. The van der Waals surface area contributed by atoms with Gasteiger partial charge in [0.1, 0.15) is 0 Å². The molecule has 12 heteroatoms. The fraction of sp³-hybridized carbons (Fsp3) is 0.240. The van der Waals surface area contributed by atoms with Gasteiger partial charge in [-0.1, -0.05) is 23.5 Å². The number of fused-ring (bicyclic) bond motifs is 1. The molecule has 2 heterocycles. The number of aromatic nitrogens is 1. The number of rotatable bonds is 6. The Balaban J connectivity index is 1.95. The van der Waals surface area contributed by atoms with E-state index in [9.17, 15) is 24.8 Å². The number of carbonyl (C=O) groups excluding carboxylic acids is 1. The summed E-state index contributed by atoms with van der Waals surface area (Å²) in [7, 11) is 0. The third-order valence-electron chi connectivity index (χ3n) is 5.58. The zero-order valence-corrected chi connectivity index (χ0v) is 24.0. The van der Waals surface area contributed by atoms with Crippen LogP contribution in [0.4, 0.5) is 5.69 Å². The van der Waals surface area contributed by atoms with E-state index in [1.165, 1.54) is 16.7 Å². The average Bonchev–Trinajstić information content (AvgIpc) is 3.14. The standard InChI is InChI=1S/C25H22IN3O6S2/c1-12(2)35-24(32)20-13(3)27-25-28(21(20)15-5-7-16(36-4)8-6-15)23(31)19(37-25)11-14-9-17(26)22(30)18(10-14)29(33)34/h5-12,21,30H,1-4H3/b19-11-/t21-/m0/s1. The van der Waals surface area contributed by atoms with Crippen LogP contribution in [-0.2, 0) is 9.53 Å². The van der Waals surface area contributed by atoms with Crippen molar-refractivity contribution in [2.24, 2.45) is 4.99 Å². The number of nitro groups is 1. The molecule has 192 valence electrons. The van der Waals surface area contributed by atoms with Crippen molar-refractivity contribution in [3.05, 3.63) is 92.2 Å². The van der Waals surface area contributed by atoms with E-state index in [0.29, 0.717) is 16.1 Å². The Morgan fingerprint density at radius 2 is 2.00 bits per heavy atom. The fourth-order valence-corrected chi connectivity index (χ4v) is 6.03. The first-order valence-corrected chi connectivity index (χ1v) is 14.2. The molecule has 1 atom stereocenters. The summed E-state index contributed by atoms with van der Waals surface area (Å²) in [5.74, 6) is -0.977. The van der Waals surface area contributed by atoms with Crippen LogP contribution >= 0.6 is 45.7 Å². The number of thioether (sulfide) groups is 1. The zero-order chi connectivity index (χ0) is 27.0. The number of phenols is 1. The van der Waals surface area contributed by atoms with Crippen LogP contribution in [0.5, 0.6) is 5.75 Å². The maximum absolute atomic E-state index is 13.7. The van der Waals surface area contributed by atoms with Crippen LogP contribution < -0.4 is 14.9 Å². The van der Waals surface area contributed by atoms with Gasteiger partial charge >= 0.3 is 11.7 Å². The van der Waals surface area contributed by atoms with Gasteiger partial charge in [0.15, 0.2) is 4.80 Å². The number of allylic oxidation sites excluding steroid dienone is 1. The van der Waals surface area contributed by atoms with Crippen molar-refractivity contribution in [2.75, 3.05) is 6.26 Å². The van der Waals surface area contributed by atoms with Crippen molar-refractivity contribution in [3.8, 4) is 5.75 Å². The van der Waals surface area contributed by atoms with E-state index >= 15 is 0 Å². The van der Waals surface area contributed by atoms with E-state index in [0.717, 1.165) is 21.8 Å². The first-order chi connectivity index (χ1) is 17.5. The summed E-state index contributed by atoms with van der Waals surface area (Å²) in [6, 6.07) is 9.61. The van der Waals surface area contributed by atoms with Crippen molar-refractivity contribution in [1.82, 2.24) is 4.57 Å². The van der Waals surface area contributed by atoms with E-state index in [1.54, 1.807) is 61.2 Å². The van der Waals surface area contributed by atoms with Gasteiger partial charge in [0.2, 0.25) is 5.75 Å². The second-order valence-electron chi connectivity index (χ2n) is 8.44. The number of esters is 1. The van der Waals surface area contributed by atoms with Crippen molar-refractivity contribution >= 4 is 63.4 Å². The smallest absolute Gasteiger partial charge is 0.338 e. The highest BCUT2D eigenvalue weighted by Crippen LogP contribution is 2.33. The van der Waals surface area contributed by atoms with Gasteiger partial charge in [-0.2, -0.15) is 0 Å². The Bertz CT molecular complexity index is 1620. The minimum absolute atomic E-state index is 0.277. The van der Waals surface area contributed by atoms with Crippen LogP contribution in [0.1, 0.15) is 37.9 Å². The number of ether oxygens (including phenoxy) is 1. The summed E-state index contributed by atoms with van der Waals surface area (Å²) >= 11 is 4.50. The van der Waals surface area contributed by atoms with Gasteiger partial charge in [-0.25, -0.2) is 9.79 Å². The number of hydrogen-bond donors (Lipinski definition) is 1. The first-order valence-electron chi connectivity index (χ1n) is 11.1. The Kier molecular flexibility index (Phi) is 7.90. The van der Waals surface area contributed by atoms with Crippen LogP contribution in [0.25, 0.3) is 6.08 Å². The molecule has 1 aliphatic rings. The summed E-state index contributed by atoms with van der Waals surface area (Å²) < 4.78 is 7.54. The molecule has 1 aromatic heterocycles. The molecule has 0 bridgehead atoms. The Hall–Kier alpha value is -2.97. The Morgan fingerprint density at radius 3 is 2.59 bits per heavy atom. The maximum atomic E-state index is 13.7. The Labute approximate surface area is 233 Å². The van der Waals surface area contributed by atoms with E-state index in [4.69, 9.17) is 4.74 Å². The van der Waals surface area contributed by atoms with Crippen molar-refractivity contribution in [3.63, 3.8) is 0 Å². The van der Waals surface area contributed by atoms with Gasteiger partial charge in [-0.05, 0) is 85.0 Å². The minimum atomic E-state index is -0.755. The predicted octanol–water partition coefficient (Wildman–Crippen LogP) is 4.13. The topological polar surface area (TPSA) is 124 Å². The van der Waals surface area contributed by atoms with Crippen LogP contribution in [0.15, 0.2) is 62.4 Å². The lowest BCUT2D eigenvalue weighted by Gasteiger charge is -2.25. The number of thiazole rings is 1. The SMILES string of the molecule is CSc1ccc([C@H]2C(C(=O)OC(C)C)=C(C)N=c3s/c(=C\c4cc(I)c(O)c([N+](=O)[O-])c4)c(=O)n32)cc1. The molecular weight excluding hydrogens is 629 g/mol. The number of carbonyl (C=O) groups is 1. The van der Waals surface area contributed by atoms with Gasteiger partial charge in [0, 0.05) is 11.0 Å². The average molecular weight is 652 g/mol. The molecule has 4 rings (SSSR count). The normalized spacial score (nSPS) is 15.5. The second-order valence-corrected chi connectivity index (χ2v) is 11.5. The molecule has 9 nitrogen and oxygen atoms in total. The van der Waals surface area contributed by atoms with Gasteiger partial charge in [-0.3, -0.25) is 19.5 Å². The molecular formula is C25H22IN3O6S2. The lowest BCUT2D eigenvalue weighted by atomic mass is 9.96. The van der Waals surface area contributed by atoms with Crippen LogP contribution in [-0.4, -0.2) is 32.9 Å². The van der Waals surface area contributed by atoms with E-state index in [2.05, 4.69) is 4.99 Å². The summed E-state index contributed by atoms with van der Waals surface area (Å²) in [6.07, 6.45) is 3.13. The monoisotopic (exact) mass is 651 g/mol. The molecule has 37 heavy (non-hydrogen) atoms. The number of benzene rings is 2. The molecule has 1 N–H and O–H groups in total. The largest absolute Gasteiger partial charge is 0.501 e. The fourth-order valence-electron chi connectivity index (χ4n) is 3.94.